The van der Waals surface area contributed by atoms with Crippen LogP contribution in [0.25, 0.3) is 0 Å². The van der Waals surface area contributed by atoms with Crippen molar-refractivity contribution >= 4 is 17.6 Å². The molecule has 0 saturated carbocycles. The molecule has 114 valence electrons. The van der Waals surface area contributed by atoms with Crippen LogP contribution in [0.5, 0.6) is 0 Å². The van der Waals surface area contributed by atoms with Crippen molar-refractivity contribution in [1.82, 2.24) is 5.32 Å². The van der Waals surface area contributed by atoms with E-state index in [4.69, 9.17) is 9.84 Å². The Balaban J connectivity index is 2.74. The fourth-order valence-corrected chi connectivity index (χ4v) is 1.69. The molecule has 0 heterocycles. The minimum atomic E-state index is -1.04. The molecule has 1 rings (SSSR count). The Bertz CT molecular complexity index is 558. The van der Waals surface area contributed by atoms with Crippen molar-refractivity contribution in [3.05, 3.63) is 39.4 Å². The summed E-state index contributed by atoms with van der Waals surface area (Å²) in [5.41, 5.74) is 0.450. The first-order valence-electron chi connectivity index (χ1n) is 6.13. The molecule has 1 amide bonds. The molecule has 0 aliphatic rings. The third-order valence-corrected chi connectivity index (χ3v) is 2.89. The summed E-state index contributed by atoms with van der Waals surface area (Å²) in [7, 11) is 1.34. The Labute approximate surface area is 120 Å². The van der Waals surface area contributed by atoms with Crippen LogP contribution in [0.15, 0.2) is 18.2 Å². The monoisotopic (exact) mass is 296 g/mol. The molecule has 1 aromatic rings. The van der Waals surface area contributed by atoms with Crippen LogP contribution in [0.4, 0.5) is 5.69 Å². The lowest BCUT2D eigenvalue weighted by Crippen LogP contribution is -2.34. The van der Waals surface area contributed by atoms with Crippen molar-refractivity contribution in [3.63, 3.8) is 0 Å². The lowest BCUT2D eigenvalue weighted by Gasteiger charge is -2.14. The predicted octanol–water partition coefficient (Wildman–Crippen LogP) is 1.12. The van der Waals surface area contributed by atoms with Gasteiger partial charge in [-0.2, -0.15) is 0 Å². The number of amides is 1. The van der Waals surface area contributed by atoms with Crippen molar-refractivity contribution < 1.29 is 24.4 Å². The summed E-state index contributed by atoms with van der Waals surface area (Å²) in [4.78, 5) is 32.7. The zero-order valence-electron chi connectivity index (χ0n) is 11.7. The predicted molar refractivity (Wildman–Crippen MR) is 73.2 cm³/mol. The van der Waals surface area contributed by atoms with Crippen LogP contribution < -0.4 is 5.32 Å². The third-order valence-electron chi connectivity index (χ3n) is 2.89. The fourth-order valence-electron chi connectivity index (χ4n) is 1.69. The number of carboxylic acids is 1. The molecule has 8 heteroatoms. The molecular weight excluding hydrogens is 280 g/mol. The summed E-state index contributed by atoms with van der Waals surface area (Å²) in [5.74, 6) is -1.56. The lowest BCUT2D eigenvalue weighted by molar-refractivity contribution is -0.385. The maximum absolute atomic E-state index is 11.9. The summed E-state index contributed by atoms with van der Waals surface area (Å²) in [6.07, 6.45) is -0.906. The summed E-state index contributed by atoms with van der Waals surface area (Å²) < 4.78 is 4.92. The molecule has 2 N–H and O–H groups in total. The first-order chi connectivity index (χ1) is 9.85. The van der Waals surface area contributed by atoms with E-state index in [9.17, 15) is 19.7 Å². The largest absolute Gasteiger partial charge is 0.481 e. The first-order valence-corrected chi connectivity index (χ1v) is 6.13. The van der Waals surface area contributed by atoms with Crippen LogP contribution in [0.1, 0.15) is 22.3 Å². The highest BCUT2D eigenvalue weighted by atomic mass is 16.6. The van der Waals surface area contributed by atoms with Crippen LogP contribution >= 0.6 is 0 Å². The van der Waals surface area contributed by atoms with Gasteiger partial charge in [-0.05, 0) is 13.0 Å². The van der Waals surface area contributed by atoms with Crippen LogP contribution in [0, 0.1) is 17.0 Å². The van der Waals surface area contributed by atoms with Gasteiger partial charge in [-0.1, -0.05) is 6.07 Å². The Morgan fingerprint density at radius 2 is 2.14 bits per heavy atom. The Kier molecular flexibility index (Phi) is 5.79. The number of aliphatic carboxylic acids is 1. The van der Waals surface area contributed by atoms with Gasteiger partial charge in [-0.15, -0.1) is 0 Å². The third kappa shape index (κ3) is 4.84. The van der Waals surface area contributed by atoms with Crippen LogP contribution in [0.3, 0.4) is 0 Å². The Morgan fingerprint density at radius 1 is 1.48 bits per heavy atom. The van der Waals surface area contributed by atoms with E-state index in [1.54, 1.807) is 6.92 Å². The van der Waals surface area contributed by atoms with Crippen molar-refractivity contribution in [1.29, 1.82) is 0 Å². The second-order valence-corrected chi connectivity index (χ2v) is 4.42. The quantitative estimate of drug-likeness (QED) is 0.575. The van der Waals surface area contributed by atoms with Gasteiger partial charge >= 0.3 is 5.97 Å². The van der Waals surface area contributed by atoms with Crippen molar-refractivity contribution in [3.8, 4) is 0 Å². The average Bonchev–Trinajstić information content (AvgIpc) is 2.42. The standard InChI is InChI=1S/C13H16N2O6/c1-8-3-4-9(5-11(8)15(19)20)13(18)14-7-10(21-2)6-12(16)17/h3-5,10H,6-7H2,1-2H3,(H,14,18)(H,16,17). The van der Waals surface area contributed by atoms with Crippen LogP contribution in [0.2, 0.25) is 0 Å². The van der Waals surface area contributed by atoms with Gasteiger partial charge in [0.15, 0.2) is 0 Å². The molecule has 0 radical (unpaired) electrons. The second-order valence-electron chi connectivity index (χ2n) is 4.42. The summed E-state index contributed by atoms with van der Waals surface area (Å²) >= 11 is 0. The number of rotatable bonds is 7. The van der Waals surface area contributed by atoms with Gasteiger partial charge in [0, 0.05) is 30.8 Å². The molecule has 0 saturated heterocycles. The molecule has 0 bridgehead atoms. The number of hydrogen-bond acceptors (Lipinski definition) is 5. The van der Waals surface area contributed by atoms with Gasteiger partial charge in [0.1, 0.15) is 0 Å². The van der Waals surface area contributed by atoms with Gasteiger partial charge < -0.3 is 15.2 Å². The molecule has 0 fully saturated rings. The average molecular weight is 296 g/mol. The molecule has 1 atom stereocenters. The molecule has 21 heavy (non-hydrogen) atoms. The van der Waals surface area contributed by atoms with Gasteiger partial charge in [-0.25, -0.2) is 0 Å². The smallest absolute Gasteiger partial charge is 0.306 e. The SMILES string of the molecule is COC(CNC(=O)c1ccc(C)c([N+](=O)[O-])c1)CC(=O)O. The highest BCUT2D eigenvalue weighted by Crippen LogP contribution is 2.19. The van der Waals surface area contributed by atoms with E-state index in [2.05, 4.69) is 5.32 Å². The Morgan fingerprint density at radius 3 is 2.67 bits per heavy atom. The van der Waals surface area contributed by atoms with Gasteiger partial charge in [-0.3, -0.25) is 19.7 Å². The summed E-state index contributed by atoms with van der Waals surface area (Å²) in [6, 6.07) is 4.14. The minimum absolute atomic E-state index is 0.00328. The zero-order valence-corrected chi connectivity index (χ0v) is 11.7. The van der Waals surface area contributed by atoms with E-state index in [1.807, 2.05) is 0 Å². The summed E-state index contributed by atoms with van der Waals surface area (Å²) in [5, 5.41) is 22.0. The number of aryl methyl sites for hydroxylation is 1. The number of benzene rings is 1. The van der Waals surface area contributed by atoms with Gasteiger partial charge in [0.05, 0.1) is 17.4 Å². The molecule has 0 aliphatic carbocycles. The van der Waals surface area contributed by atoms with E-state index in [-0.39, 0.29) is 24.2 Å². The highest BCUT2D eigenvalue weighted by Gasteiger charge is 2.17. The topological polar surface area (TPSA) is 119 Å². The van der Waals surface area contributed by atoms with Crippen molar-refractivity contribution in [2.24, 2.45) is 0 Å². The number of methoxy groups -OCH3 is 1. The first kappa shape index (κ1) is 16.6. The van der Waals surface area contributed by atoms with E-state index in [0.717, 1.165) is 0 Å². The highest BCUT2D eigenvalue weighted by molar-refractivity contribution is 5.95. The number of hydrogen-bond donors (Lipinski definition) is 2. The van der Waals surface area contributed by atoms with E-state index in [1.165, 1.54) is 25.3 Å². The molecule has 1 aromatic carbocycles. The molecule has 0 spiro atoms. The number of nitrogens with zero attached hydrogens (tertiary/aromatic N) is 1. The van der Waals surface area contributed by atoms with Crippen LogP contribution in [-0.4, -0.2) is 41.7 Å². The minimum Gasteiger partial charge on any atom is -0.481 e. The maximum atomic E-state index is 11.9. The molecule has 1 unspecified atom stereocenters. The summed E-state index contributed by atoms with van der Waals surface area (Å²) in [6.45, 7) is 1.58. The maximum Gasteiger partial charge on any atom is 0.306 e. The number of nitro groups is 1. The van der Waals surface area contributed by atoms with E-state index >= 15 is 0 Å². The molecule has 0 aliphatic heterocycles. The lowest BCUT2D eigenvalue weighted by atomic mass is 10.1. The number of carboxylic acid groups (broad SMARTS) is 1. The zero-order chi connectivity index (χ0) is 16.0. The second kappa shape index (κ2) is 7.34. The van der Waals surface area contributed by atoms with E-state index in [0.29, 0.717) is 5.56 Å². The van der Waals surface area contributed by atoms with Gasteiger partial charge in [0.25, 0.3) is 11.6 Å². The number of ether oxygens (including phenoxy) is 1. The number of nitro benzene ring substituents is 1. The van der Waals surface area contributed by atoms with Crippen molar-refractivity contribution in [2.75, 3.05) is 13.7 Å². The number of nitrogens with one attached hydrogen (secondary N) is 1. The molecule has 8 nitrogen and oxygen atoms in total. The van der Waals surface area contributed by atoms with Crippen LogP contribution in [-0.2, 0) is 9.53 Å². The van der Waals surface area contributed by atoms with E-state index < -0.39 is 22.9 Å². The molecular formula is C13H16N2O6. The fraction of sp³-hybridized carbons (Fsp3) is 0.385. The van der Waals surface area contributed by atoms with Crippen molar-refractivity contribution in [2.45, 2.75) is 19.4 Å². The molecule has 0 aromatic heterocycles. The Hall–Kier alpha value is -2.48. The number of carbonyl (C=O) groups excluding carboxylic acids is 1. The van der Waals surface area contributed by atoms with Gasteiger partial charge in [0.2, 0.25) is 0 Å². The number of carbonyl (C=O) groups is 2. The normalized spacial score (nSPS) is 11.7.